The van der Waals surface area contributed by atoms with Crippen molar-refractivity contribution in [1.29, 1.82) is 0 Å². The number of halogens is 1. The van der Waals surface area contributed by atoms with E-state index in [0.717, 1.165) is 5.56 Å². The molecule has 0 unspecified atom stereocenters. The molecule has 3 nitrogen and oxygen atoms in total. The molecule has 0 bridgehead atoms. The topological polar surface area (TPSA) is 43.4 Å². The number of hydrogen-bond donors (Lipinski definition) is 0. The van der Waals surface area contributed by atoms with Crippen LogP contribution in [0, 0.1) is 12.7 Å². The number of furan rings is 1. The number of fused-ring (bicyclic) bond motifs is 1. The molecule has 0 aliphatic rings. The second-order valence-corrected chi connectivity index (χ2v) is 4.07. The molecule has 0 N–H and O–H groups in total. The van der Waals surface area contributed by atoms with E-state index >= 15 is 0 Å². The SMILES string of the molecule is Cc1coc2cc(-c3cccc(F)c3)oc(=O)c12. The van der Waals surface area contributed by atoms with Crippen molar-refractivity contribution in [3.63, 3.8) is 0 Å². The summed E-state index contributed by atoms with van der Waals surface area (Å²) in [6.07, 6.45) is 1.50. The molecule has 2 heterocycles. The Kier molecular flexibility index (Phi) is 2.30. The van der Waals surface area contributed by atoms with Crippen LogP contribution in [0.1, 0.15) is 5.56 Å². The van der Waals surface area contributed by atoms with Crippen LogP contribution in [0.2, 0.25) is 0 Å². The fraction of sp³-hybridized carbons (Fsp3) is 0.0714. The maximum atomic E-state index is 13.1. The zero-order valence-corrected chi connectivity index (χ0v) is 9.57. The third-order valence-electron chi connectivity index (χ3n) is 2.78. The number of hydrogen-bond acceptors (Lipinski definition) is 3. The van der Waals surface area contributed by atoms with Gasteiger partial charge in [0.15, 0.2) is 0 Å². The van der Waals surface area contributed by atoms with Crippen LogP contribution in [0.25, 0.3) is 22.3 Å². The lowest BCUT2D eigenvalue weighted by Gasteiger charge is -2.00. The van der Waals surface area contributed by atoms with Crippen LogP contribution in [0.4, 0.5) is 4.39 Å². The lowest BCUT2D eigenvalue weighted by atomic mass is 10.1. The maximum absolute atomic E-state index is 13.1. The highest BCUT2D eigenvalue weighted by Crippen LogP contribution is 2.24. The Morgan fingerprint density at radius 3 is 2.83 bits per heavy atom. The quantitative estimate of drug-likeness (QED) is 0.658. The molecule has 2 aromatic heterocycles. The molecule has 0 saturated heterocycles. The van der Waals surface area contributed by atoms with Crippen LogP contribution in [-0.4, -0.2) is 0 Å². The number of benzene rings is 1. The van der Waals surface area contributed by atoms with Gasteiger partial charge in [-0.3, -0.25) is 0 Å². The third kappa shape index (κ3) is 1.62. The van der Waals surface area contributed by atoms with Crippen LogP contribution < -0.4 is 5.63 Å². The summed E-state index contributed by atoms with van der Waals surface area (Å²) in [5, 5.41) is 0.426. The largest absolute Gasteiger partial charge is 0.464 e. The number of rotatable bonds is 1. The predicted molar refractivity (Wildman–Crippen MR) is 64.9 cm³/mol. The monoisotopic (exact) mass is 244 g/mol. The van der Waals surface area contributed by atoms with Crippen LogP contribution in [-0.2, 0) is 0 Å². The van der Waals surface area contributed by atoms with Crippen molar-refractivity contribution in [1.82, 2.24) is 0 Å². The minimum atomic E-state index is -0.474. The minimum Gasteiger partial charge on any atom is -0.464 e. The Bertz CT molecular complexity index is 783. The first-order chi connectivity index (χ1) is 8.65. The van der Waals surface area contributed by atoms with Crippen molar-refractivity contribution in [2.24, 2.45) is 0 Å². The van der Waals surface area contributed by atoms with E-state index in [1.165, 1.54) is 18.4 Å². The molecule has 0 aliphatic heterocycles. The summed E-state index contributed by atoms with van der Waals surface area (Å²) in [5.74, 6) is -0.0905. The molecule has 0 fully saturated rings. The number of aryl methyl sites for hydroxylation is 1. The molecule has 0 saturated carbocycles. The smallest absolute Gasteiger partial charge is 0.347 e. The molecule has 4 heteroatoms. The van der Waals surface area contributed by atoms with E-state index in [9.17, 15) is 9.18 Å². The van der Waals surface area contributed by atoms with E-state index in [4.69, 9.17) is 8.83 Å². The lowest BCUT2D eigenvalue weighted by molar-refractivity contribution is 0.529. The van der Waals surface area contributed by atoms with Crippen LogP contribution in [0.5, 0.6) is 0 Å². The molecule has 0 radical (unpaired) electrons. The zero-order chi connectivity index (χ0) is 12.7. The molecule has 3 aromatic rings. The summed E-state index contributed by atoms with van der Waals surface area (Å²) in [6, 6.07) is 7.46. The summed E-state index contributed by atoms with van der Waals surface area (Å²) in [6.45, 7) is 1.77. The van der Waals surface area contributed by atoms with Crippen molar-refractivity contribution in [2.75, 3.05) is 0 Å². The molecule has 0 aliphatic carbocycles. The highest BCUT2D eigenvalue weighted by Gasteiger charge is 2.12. The fourth-order valence-electron chi connectivity index (χ4n) is 1.92. The van der Waals surface area contributed by atoms with Gasteiger partial charge in [-0.15, -0.1) is 0 Å². The summed E-state index contributed by atoms with van der Waals surface area (Å²) in [4.78, 5) is 11.8. The Morgan fingerprint density at radius 2 is 2.06 bits per heavy atom. The van der Waals surface area contributed by atoms with Crippen molar-refractivity contribution in [2.45, 2.75) is 6.92 Å². The van der Waals surface area contributed by atoms with Gasteiger partial charge in [0, 0.05) is 17.2 Å². The van der Waals surface area contributed by atoms with E-state index in [2.05, 4.69) is 0 Å². The van der Waals surface area contributed by atoms with E-state index in [1.807, 2.05) is 0 Å². The van der Waals surface area contributed by atoms with E-state index < -0.39 is 5.63 Å². The second kappa shape index (κ2) is 3.84. The fourth-order valence-corrected chi connectivity index (χ4v) is 1.92. The van der Waals surface area contributed by atoms with Crippen molar-refractivity contribution >= 4 is 11.0 Å². The molecule has 0 spiro atoms. The van der Waals surface area contributed by atoms with Gasteiger partial charge in [0.2, 0.25) is 0 Å². The molecule has 0 amide bonds. The molecule has 3 rings (SSSR count). The molecular weight excluding hydrogens is 235 g/mol. The Balaban J connectivity index is 2.28. The second-order valence-electron chi connectivity index (χ2n) is 4.07. The molecular formula is C14H9FO3. The summed E-state index contributed by atoms with van der Waals surface area (Å²) >= 11 is 0. The summed E-state index contributed by atoms with van der Waals surface area (Å²) in [5.41, 5.74) is 1.20. The van der Waals surface area contributed by atoms with Gasteiger partial charge < -0.3 is 8.83 Å². The Hall–Kier alpha value is -2.36. The van der Waals surface area contributed by atoms with Crippen LogP contribution in [0.3, 0.4) is 0 Å². The Morgan fingerprint density at radius 1 is 1.22 bits per heavy atom. The first kappa shape index (κ1) is 10.8. The Labute approximate surface area is 101 Å². The van der Waals surface area contributed by atoms with E-state index in [0.29, 0.717) is 22.3 Å². The van der Waals surface area contributed by atoms with Gasteiger partial charge in [-0.1, -0.05) is 12.1 Å². The highest BCUT2D eigenvalue weighted by molar-refractivity contribution is 5.82. The van der Waals surface area contributed by atoms with E-state index in [-0.39, 0.29) is 5.82 Å². The van der Waals surface area contributed by atoms with Gasteiger partial charge >= 0.3 is 5.63 Å². The van der Waals surface area contributed by atoms with Gasteiger partial charge in [-0.25, -0.2) is 9.18 Å². The molecule has 18 heavy (non-hydrogen) atoms. The lowest BCUT2D eigenvalue weighted by Crippen LogP contribution is -1.99. The van der Waals surface area contributed by atoms with Gasteiger partial charge in [0.05, 0.1) is 6.26 Å². The highest BCUT2D eigenvalue weighted by atomic mass is 19.1. The zero-order valence-electron chi connectivity index (χ0n) is 9.57. The van der Waals surface area contributed by atoms with Gasteiger partial charge in [0.25, 0.3) is 0 Å². The maximum Gasteiger partial charge on any atom is 0.347 e. The van der Waals surface area contributed by atoms with Crippen molar-refractivity contribution in [3.8, 4) is 11.3 Å². The standard InChI is InChI=1S/C14H9FO3/c1-8-7-17-12-6-11(18-14(16)13(8)12)9-3-2-4-10(15)5-9/h2-7H,1H3. The van der Waals surface area contributed by atoms with Crippen molar-refractivity contribution < 1.29 is 13.2 Å². The molecule has 0 atom stereocenters. The summed E-state index contributed by atoms with van der Waals surface area (Å²) < 4.78 is 23.6. The minimum absolute atomic E-state index is 0.293. The average Bonchev–Trinajstić information content (AvgIpc) is 2.71. The van der Waals surface area contributed by atoms with Gasteiger partial charge in [-0.2, -0.15) is 0 Å². The van der Waals surface area contributed by atoms with Gasteiger partial charge in [-0.05, 0) is 19.1 Å². The summed E-state index contributed by atoms with van der Waals surface area (Å²) in [7, 11) is 0. The first-order valence-corrected chi connectivity index (χ1v) is 5.43. The average molecular weight is 244 g/mol. The normalized spacial score (nSPS) is 11.0. The predicted octanol–water partition coefficient (Wildman–Crippen LogP) is 3.50. The third-order valence-corrected chi connectivity index (χ3v) is 2.78. The molecule has 90 valence electrons. The van der Waals surface area contributed by atoms with Crippen LogP contribution in [0.15, 0.2) is 50.2 Å². The molecule has 1 aromatic carbocycles. The van der Waals surface area contributed by atoms with E-state index in [1.54, 1.807) is 25.1 Å². The first-order valence-electron chi connectivity index (χ1n) is 5.43. The van der Waals surface area contributed by atoms with Crippen LogP contribution >= 0.6 is 0 Å². The van der Waals surface area contributed by atoms with Gasteiger partial charge in [0.1, 0.15) is 22.5 Å². The van der Waals surface area contributed by atoms with Crippen molar-refractivity contribution in [3.05, 3.63) is 58.4 Å².